The minimum atomic E-state index is -1.08. The molecule has 4 rings (SSSR count). The van der Waals surface area contributed by atoms with Crippen LogP contribution >= 0.6 is 0 Å². The minimum Gasteiger partial charge on any atom is -0.465 e. The molecule has 1 fully saturated rings. The van der Waals surface area contributed by atoms with E-state index in [0.29, 0.717) is 29.9 Å². The number of hydrogen-bond donors (Lipinski definition) is 4. The summed E-state index contributed by atoms with van der Waals surface area (Å²) in [4.78, 5) is 46.2. The van der Waals surface area contributed by atoms with Gasteiger partial charge in [0.05, 0.1) is 6.04 Å². The fraction of sp³-hybridized carbons (Fsp3) is 0.227. The number of primary amides is 1. The standard InChI is InChI=1S/C22H23N7O4/c23-19(30)18-17(27-20(29(18)24)15-5-2-4-12-28(15)22(32)33)13-7-9-14(10-8-13)21(31)26-16-6-1-3-11-25-16/h1,3,6-11,15H,2,4-5,12,24H2,(H2,23,30)(H,32,33)(H,25,26,31)/t15-/m0/s1. The van der Waals surface area contributed by atoms with E-state index >= 15 is 0 Å². The third-order valence-electron chi connectivity index (χ3n) is 5.55. The zero-order valence-electron chi connectivity index (χ0n) is 17.6. The van der Waals surface area contributed by atoms with Crippen LogP contribution in [0.5, 0.6) is 0 Å². The number of nitrogens with one attached hydrogen (secondary N) is 1. The number of nitrogen functional groups attached to an aromatic ring is 1. The van der Waals surface area contributed by atoms with Crippen molar-refractivity contribution < 1.29 is 19.5 Å². The Balaban J connectivity index is 1.66. The van der Waals surface area contributed by atoms with Gasteiger partial charge in [-0.05, 0) is 43.5 Å². The van der Waals surface area contributed by atoms with Crippen molar-refractivity contribution in [1.82, 2.24) is 19.5 Å². The number of carbonyl (C=O) groups excluding carboxylic acids is 2. The lowest BCUT2D eigenvalue weighted by atomic mass is 10.0. The van der Waals surface area contributed by atoms with Gasteiger partial charge in [-0.2, -0.15) is 0 Å². The van der Waals surface area contributed by atoms with Gasteiger partial charge in [0.25, 0.3) is 11.8 Å². The first-order valence-electron chi connectivity index (χ1n) is 10.4. The number of rotatable bonds is 5. The van der Waals surface area contributed by atoms with Gasteiger partial charge in [-0.1, -0.05) is 18.2 Å². The second kappa shape index (κ2) is 8.99. The van der Waals surface area contributed by atoms with Gasteiger partial charge in [0.1, 0.15) is 11.5 Å². The van der Waals surface area contributed by atoms with Gasteiger partial charge in [0.15, 0.2) is 11.5 Å². The van der Waals surface area contributed by atoms with Gasteiger partial charge >= 0.3 is 6.09 Å². The van der Waals surface area contributed by atoms with Crippen LogP contribution in [0.25, 0.3) is 11.3 Å². The summed E-state index contributed by atoms with van der Waals surface area (Å²) in [6.45, 7) is 0.355. The maximum Gasteiger partial charge on any atom is 0.407 e. The van der Waals surface area contributed by atoms with E-state index in [1.165, 1.54) is 4.90 Å². The van der Waals surface area contributed by atoms with Crippen LogP contribution < -0.4 is 16.9 Å². The number of aromatic nitrogens is 3. The van der Waals surface area contributed by atoms with Gasteiger partial charge in [-0.25, -0.2) is 19.4 Å². The molecule has 3 amide bonds. The number of carboxylic acid groups (broad SMARTS) is 1. The summed E-state index contributed by atoms with van der Waals surface area (Å²) >= 11 is 0. The molecular weight excluding hydrogens is 426 g/mol. The number of piperidine rings is 1. The smallest absolute Gasteiger partial charge is 0.407 e. The summed E-state index contributed by atoms with van der Waals surface area (Å²) < 4.78 is 1.07. The van der Waals surface area contributed by atoms with Crippen LogP contribution in [0.1, 0.15) is 52.0 Å². The molecule has 1 aromatic carbocycles. The lowest BCUT2D eigenvalue weighted by Crippen LogP contribution is -2.39. The number of imidazole rings is 1. The number of nitrogens with two attached hydrogens (primary N) is 2. The molecule has 2 aromatic heterocycles. The summed E-state index contributed by atoms with van der Waals surface area (Å²) in [5.41, 5.74) is 6.66. The van der Waals surface area contributed by atoms with Gasteiger partial charge in [-0.3, -0.25) is 14.5 Å². The van der Waals surface area contributed by atoms with Crippen LogP contribution in [0.3, 0.4) is 0 Å². The van der Waals surface area contributed by atoms with Crippen LogP contribution in [-0.2, 0) is 0 Å². The topological polar surface area (TPSA) is 169 Å². The third kappa shape index (κ3) is 4.33. The molecule has 0 aliphatic carbocycles. The van der Waals surface area contributed by atoms with E-state index in [-0.39, 0.29) is 23.1 Å². The normalized spacial score (nSPS) is 15.8. The largest absolute Gasteiger partial charge is 0.465 e. The van der Waals surface area contributed by atoms with Gasteiger partial charge < -0.3 is 22.0 Å². The number of nitrogens with zero attached hydrogens (tertiary/aromatic N) is 4. The Kier molecular flexibility index (Phi) is 5.94. The number of pyridine rings is 1. The van der Waals surface area contributed by atoms with Gasteiger partial charge in [0.2, 0.25) is 0 Å². The maximum absolute atomic E-state index is 12.5. The number of likely N-dealkylation sites (tertiary alicyclic amines) is 1. The lowest BCUT2D eigenvalue weighted by Gasteiger charge is -2.32. The summed E-state index contributed by atoms with van der Waals surface area (Å²) in [7, 11) is 0. The summed E-state index contributed by atoms with van der Waals surface area (Å²) in [5, 5.41) is 12.3. The van der Waals surface area contributed by atoms with Crippen molar-refractivity contribution in [3.05, 3.63) is 65.7 Å². The first-order chi connectivity index (χ1) is 15.9. The molecule has 3 heterocycles. The molecule has 1 aliphatic heterocycles. The van der Waals surface area contributed by atoms with E-state index in [0.717, 1.165) is 17.5 Å². The Morgan fingerprint density at radius 3 is 2.48 bits per heavy atom. The van der Waals surface area contributed by atoms with E-state index in [2.05, 4.69) is 15.3 Å². The van der Waals surface area contributed by atoms with E-state index in [1.807, 2.05) is 0 Å². The Morgan fingerprint density at radius 1 is 1.09 bits per heavy atom. The van der Waals surface area contributed by atoms with Crippen LogP contribution in [0.15, 0.2) is 48.7 Å². The maximum atomic E-state index is 12.5. The fourth-order valence-electron chi connectivity index (χ4n) is 3.96. The Hall–Kier alpha value is -4.41. The Bertz CT molecular complexity index is 1190. The summed E-state index contributed by atoms with van der Waals surface area (Å²) in [5.74, 6) is 5.69. The molecule has 6 N–H and O–H groups in total. The SMILES string of the molecule is NC(=O)c1c(-c2ccc(C(=O)Nc3ccccn3)cc2)nc([C@@H]2CCCCN2C(=O)O)n1N. The molecule has 0 unspecified atom stereocenters. The average Bonchev–Trinajstić information content (AvgIpc) is 3.17. The van der Waals surface area contributed by atoms with E-state index < -0.39 is 18.0 Å². The molecule has 33 heavy (non-hydrogen) atoms. The van der Waals surface area contributed by atoms with Crippen molar-refractivity contribution in [3.63, 3.8) is 0 Å². The number of amides is 3. The molecule has 0 bridgehead atoms. The van der Waals surface area contributed by atoms with Gasteiger partial charge in [0, 0.05) is 23.9 Å². The monoisotopic (exact) mass is 449 g/mol. The predicted octanol–water partition coefficient (Wildman–Crippen LogP) is 2.22. The van der Waals surface area contributed by atoms with Crippen molar-refractivity contribution in [2.75, 3.05) is 17.7 Å². The zero-order valence-corrected chi connectivity index (χ0v) is 17.6. The molecule has 3 aromatic rings. The number of anilines is 1. The quantitative estimate of drug-likeness (QED) is 0.433. The first-order valence-corrected chi connectivity index (χ1v) is 10.4. The first kappa shape index (κ1) is 21.8. The fourth-order valence-corrected chi connectivity index (χ4v) is 3.96. The Labute approximate surface area is 189 Å². The number of carbonyl (C=O) groups is 3. The second-order valence-corrected chi connectivity index (χ2v) is 7.64. The highest BCUT2D eigenvalue weighted by Crippen LogP contribution is 2.33. The van der Waals surface area contributed by atoms with Crippen molar-refractivity contribution in [2.45, 2.75) is 25.3 Å². The van der Waals surface area contributed by atoms with Crippen LogP contribution in [0, 0.1) is 0 Å². The highest BCUT2D eigenvalue weighted by atomic mass is 16.4. The molecule has 11 heteroatoms. The molecule has 0 saturated carbocycles. The van der Waals surface area contributed by atoms with Crippen molar-refractivity contribution in [3.8, 4) is 11.3 Å². The average molecular weight is 449 g/mol. The Morgan fingerprint density at radius 2 is 1.85 bits per heavy atom. The summed E-state index contributed by atoms with van der Waals surface area (Å²) in [6, 6.07) is 11.0. The highest BCUT2D eigenvalue weighted by molar-refractivity contribution is 6.04. The molecule has 0 radical (unpaired) electrons. The van der Waals surface area contributed by atoms with Crippen molar-refractivity contribution >= 4 is 23.7 Å². The molecule has 11 nitrogen and oxygen atoms in total. The molecule has 0 spiro atoms. The molecular formula is C22H23N7O4. The van der Waals surface area contributed by atoms with E-state index in [9.17, 15) is 19.5 Å². The second-order valence-electron chi connectivity index (χ2n) is 7.64. The number of hydrogen-bond acceptors (Lipinski definition) is 6. The van der Waals surface area contributed by atoms with Crippen molar-refractivity contribution in [2.24, 2.45) is 5.73 Å². The third-order valence-corrected chi connectivity index (χ3v) is 5.55. The summed E-state index contributed by atoms with van der Waals surface area (Å²) in [6.07, 6.45) is 2.58. The minimum absolute atomic E-state index is 0.0356. The zero-order chi connectivity index (χ0) is 23.5. The van der Waals surface area contributed by atoms with Crippen molar-refractivity contribution in [1.29, 1.82) is 0 Å². The highest BCUT2D eigenvalue weighted by Gasteiger charge is 2.34. The molecule has 1 saturated heterocycles. The van der Waals surface area contributed by atoms with E-state index in [4.69, 9.17) is 11.6 Å². The van der Waals surface area contributed by atoms with Crippen LogP contribution in [0.4, 0.5) is 10.6 Å². The lowest BCUT2D eigenvalue weighted by molar-refractivity contribution is 0.0986. The molecule has 1 atom stereocenters. The van der Waals surface area contributed by atoms with Gasteiger partial charge in [-0.15, -0.1) is 0 Å². The predicted molar refractivity (Wildman–Crippen MR) is 120 cm³/mol. The van der Waals surface area contributed by atoms with Crippen LogP contribution in [-0.4, -0.2) is 49.1 Å². The molecule has 170 valence electrons. The number of benzene rings is 1. The van der Waals surface area contributed by atoms with Crippen LogP contribution in [0.2, 0.25) is 0 Å². The van der Waals surface area contributed by atoms with E-state index in [1.54, 1.807) is 48.7 Å². The molecule has 1 aliphatic rings.